The number of hydrogen-bond acceptors (Lipinski definition) is 4. The smallest absolute Gasteiger partial charge is 0.337 e. The van der Waals surface area contributed by atoms with Crippen LogP contribution in [-0.2, 0) is 0 Å². The summed E-state index contributed by atoms with van der Waals surface area (Å²) in [6.45, 7) is 0. The zero-order chi connectivity index (χ0) is 15.2. The number of anilines is 1. The maximum Gasteiger partial charge on any atom is 0.337 e. The number of nitrogens with one attached hydrogen (secondary N) is 1. The van der Waals surface area contributed by atoms with Gasteiger partial charge in [-0.1, -0.05) is 23.7 Å². The van der Waals surface area contributed by atoms with Gasteiger partial charge in [-0.2, -0.15) is 10.4 Å². The molecule has 0 spiro atoms. The molecule has 2 aromatic rings. The summed E-state index contributed by atoms with van der Waals surface area (Å²) in [5.74, 6) is -1.10. The number of rotatable bonds is 4. The zero-order valence-electron chi connectivity index (χ0n) is 10.7. The fourth-order valence-corrected chi connectivity index (χ4v) is 1.78. The van der Waals surface area contributed by atoms with Gasteiger partial charge < -0.3 is 5.11 Å². The molecule has 0 saturated heterocycles. The maximum atomic E-state index is 11.0. The molecule has 6 heteroatoms. The first-order valence-electron chi connectivity index (χ1n) is 5.92. The van der Waals surface area contributed by atoms with E-state index in [0.717, 1.165) is 5.56 Å². The average Bonchev–Trinajstić information content (AvgIpc) is 2.49. The molecule has 0 aliphatic carbocycles. The Hall–Kier alpha value is -2.84. The Morgan fingerprint density at radius 1 is 1.29 bits per heavy atom. The van der Waals surface area contributed by atoms with Gasteiger partial charge in [0.05, 0.1) is 34.1 Å². The van der Waals surface area contributed by atoms with Crippen LogP contribution < -0.4 is 5.43 Å². The number of benzene rings is 2. The van der Waals surface area contributed by atoms with Gasteiger partial charge in [0.1, 0.15) is 0 Å². The number of hydrogen-bond donors (Lipinski definition) is 2. The minimum absolute atomic E-state index is 0.00948. The fraction of sp³-hybridized carbons (Fsp3) is 0. The second-order valence-corrected chi connectivity index (χ2v) is 4.51. The van der Waals surface area contributed by atoms with Gasteiger partial charge in [-0.15, -0.1) is 0 Å². The summed E-state index contributed by atoms with van der Waals surface area (Å²) in [5.41, 5.74) is 4.64. The highest BCUT2D eigenvalue weighted by molar-refractivity contribution is 6.33. The molecule has 5 nitrogen and oxygen atoms in total. The molecular weight excluding hydrogens is 290 g/mol. The van der Waals surface area contributed by atoms with E-state index < -0.39 is 5.97 Å². The summed E-state index contributed by atoms with van der Waals surface area (Å²) in [7, 11) is 0. The lowest BCUT2D eigenvalue weighted by molar-refractivity contribution is 0.0697. The van der Waals surface area contributed by atoms with Gasteiger partial charge in [0.25, 0.3) is 0 Å². The van der Waals surface area contributed by atoms with Crippen LogP contribution in [0.15, 0.2) is 47.6 Å². The first-order valence-corrected chi connectivity index (χ1v) is 6.30. The first kappa shape index (κ1) is 14.6. The minimum Gasteiger partial charge on any atom is -0.478 e. The van der Waals surface area contributed by atoms with Gasteiger partial charge in [0.2, 0.25) is 0 Å². The van der Waals surface area contributed by atoms with Crippen molar-refractivity contribution in [2.75, 3.05) is 5.43 Å². The van der Waals surface area contributed by atoms with Crippen molar-refractivity contribution in [1.29, 1.82) is 5.26 Å². The van der Waals surface area contributed by atoms with Crippen LogP contribution in [0.4, 0.5) is 5.69 Å². The van der Waals surface area contributed by atoms with Crippen molar-refractivity contribution < 1.29 is 9.90 Å². The molecule has 2 N–H and O–H groups in total. The Morgan fingerprint density at radius 3 is 2.62 bits per heavy atom. The summed E-state index contributed by atoms with van der Waals surface area (Å²) in [6, 6.07) is 13.4. The van der Waals surface area contributed by atoms with E-state index in [-0.39, 0.29) is 10.6 Å². The summed E-state index contributed by atoms with van der Waals surface area (Å²) in [6.07, 6.45) is 1.57. The van der Waals surface area contributed by atoms with Gasteiger partial charge in [-0.3, -0.25) is 5.43 Å². The van der Waals surface area contributed by atoms with Gasteiger partial charge in [0, 0.05) is 0 Å². The van der Waals surface area contributed by atoms with Crippen molar-refractivity contribution in [3.8, 4) is 6.07 Å². The van der Waals surface area contributed by atoms with E-state index in [9.17, 15) is 4.79 Å². The normalized spacial score (nSPS) is 10.3. The van der Waals surface area contributed by atoms with Gasteiger partial charge in [-0.05, 0) is 35.9 Å². The number of halogens is 1. The number of carboxylic acids is 1. The topological polar surface area (TPSA) is 85.5 Å². The lowest BCUT2D eigenvalue weighted by Gasteiger charge is -2.03. The molecule has 0 saturated carbocycles. The lowest BCUT2D eigenvalue weighted by atomic mass is 10.2. The summed E-state index contributed by atoms with van der Waals surface area (Å²) >= 11 is 5.78. The molecule has 0 atom stereocenters. The van der Waals surface area contributed by atoms with Gasteiger partial charge >= 0.3 is 5.97 Å². The number of nitriles is 1. The molecule has 0 aliphatic rings. The second-order valence-electron chi connectivity index (χ2n) is 4.10. The van der Waals surface area contributed by atoms with Crippen molar-refractivity contribution in [1.82, 2.24) is 0 Å². The van der Waals surface area contributed by atoms with Gasteiger partial charge in [0.15, 0.2) is 0 Å². The van der Waals surface area contributed by atoms with Crippen molar-refractivity contribution in [2.24, 2.45) is 5.10 Å². The highest BCUT2D eigenvalue weighted by Gasteiger charge is 2.08. The third-order valence-electron chi connectivity index (χ3n) is 2.64. The summed E-state index contributed by atoms with van der Waals surface area (Å²) in [4.78, 5) is 11.0. The average molecular weight is 300 g/mol. The van der Waals surface area contributed by atoms with E-state index in [2.05, 4.69) is 10.5 Å². The van der Waals surface area contributed by atoms with Crippen LogP contribution in [0.25, 0.3) is 0 Å². The molecular formula is C15H10ClN3O2. The van der Waals surface area contributed by atoms with Crippen LogP contribution in [-0.4, -0.2) is 17.3 Å². The quantitative estimate of drug-likeness (QED) is 0.669. The Labute approximate surface area is 126 Å². The molecule has 104 valence electrons. The Morgan fingerprint density at radius 2 is 2.00 bits per heavy atom. The lowest BCUT2D eigenvalue weighted by Crippen LogP contribution is -1.99. The molecule has 2 aromatic carbocycles. The first-order chi connectivity index (χ1) is 10.1. The van der Waals surface area contributed by atoms with E-state index in [1.165, 1.54) is 12.1 Å². The molecule has 0 aromatic heterocycles. The molecule has 0 heterocycles. The molecule has 0 unspecified atom stereocenters. The van der Waals surface area contributed by atoms with Crippen molar-refractivity contribution in [3.05, 3.63) is 64.2 Å². The highest BCUT2D eigenvalue weighted by Crippen LogP contribution is 2.20. The summed E-state index contributed by atoms with van der Waals surface area (Å²) < 4.78 is 0. The third kappa shape index (κ3) is 3.81. The van der Waals surface area contributed by atoms with Crippen LogP contribution in [0.1, 0.15) is 21.5 Å². The predicted molar refractivity (Wildman–Crippen MR) is 80.8 cm³/mol. The zero-order valence-corrected chi connectivity index (χ0v) is 11.5. The van der Waals surface area contributed by atoms with Gasteiger partial charge in [-0.25, -0.2) is 4.79 Å². The molecule has 0 radical (unpaired) electrons. The SMILES string of the molecule is N#Cc1ccc(/C=N/Nc2ccc(Cl)c(C(=O)O)c2)cc1. The van der Waals surface area contributed by atoms with Crippen LogP contribution in [0.5, 0.6) is 0 Å². The molecule has 0 aliphatic heterocycles. The molecule has 2 rings (SSSR count). The van der Waals surface area contributed by atoms with Crippen molar-refractivity contribution in [2.45, 2.75) is 0 Å². The number of hydrazone groups is 1. The van der Waals surface area contributed by atoms with Crippen molar-refractivity contribution >= 4 is 29.5 Å². The van der Waals surface area contributed by atoms with Crippen LogP contribution in [0, 0.1) is 11.3 Å². The Bertz CT molecular complexity index is 734. The molecule has 0 fully saturated rings. The molecule has 0 amide bonds. The predicted octanol–water partition coefficient (Wildman–Crippen LogP) is 3.36. The maximum absolute atomic E-state index is 11.0. The standard InChI is InChI=1S/C15H10ClN3O2/c16-14-6-5-12(7-13(14)15(20)21)19-18-9-11-3-1-10(8-17)2-4-11/h1-7,9,19H,(H,20,21)/b18-9+. The third-order valence-corrected chi connectivity index (χ3v) is 2.97. The monoisotopic (exact) mass is 299 g/mol. The van der Waals surface area contributed by atoms with E-state index in [1.54, 1.807) is 36.5 Å². The fourth-order valence-electron chi connectivity index (χ4n) is 1.58. The number of aromatic carboxylic acids is 1. The van der Waals surface area contributed by atoms with E-state index in [1.807, 2.05) is 6.07 Å². The number of nitrogens with zero attached hydrogens (tertiary/aromatic N) is 2. The molecule has 21 heavy (non-hydrogen) atoms. The van der Waals surface area contributed by atoms with Crippen LogP contribution >= 0.6 is 11.6 Å². The van der Waals surface area contributed by atoms with Crippen LogP contribution in [0.3, 0.4) is 0 Å². The summed E-state index contributed by atoms with van der Waals surface area (Å²) in [5, 5.41) is 21.8. The van der Waals surface area contributed by atoms with Crippen LogP contribution in [0.2, 0.25) is 5.02 Å². The number of carboxylic acid groups (broad SMARTS) is 1. The molecule has 0 bridgehead atoms. The minimum atomic E-state index is -1.10. The van der Waals surface area contributed by atoms with E-state index in [0.29, 0.717) is 11.3 Å². The second kappa shape index (κ2) is 6.55. The van der Waals surface area contributed by atoms with Crippen molar-refractivity contribution in [3.63, 3.8) is 0 Å². The Balaban J connectivity index is 2.08. The van der Waals surface area contributed by atoms with E-state index >= 15 is 0 Å². The Kier molecular flexibility index (Phi) is 4.54. The highest BCUT2D eigenvalue weighted by atomic mass is 35.5. The van der Waals surface area contributed by atoms with E-state index in [4.69, 9.17) is 22.0 Å². The largest absolute Gasteiger partial charge is 0.478 e. The number of carbonyl (C=O) groups is 1.